The highest BCUT2D eigenvalue weighted by molar-refractivity contribution is 6.30. The van der Waals surface area contributed by atoms with Gasteiger partial charge in [-0.15, -0.1) is 0 Å². The summed E-state index contributed by atoms with van der Waals surface area (Å²) in [5, 5.41) is 2.94. The van der Waals surface area contributed by atoms with Crippen LogP contribution in [0.2, 0.25) is 5.02 Å². The predicted molar refractivity (Wildman–Crippen MR) is 139 cm³/mol. The Labute approximate surface area is 197 Å². The van der Waals surface area contributed by atoms with Crippen LogP contribution < -0.4 is 4.90 Å². The van der Waals surface area contributed by atoms with Crippen LogP contribution in [0.15, 0.2) is 126 Å². The second kappa shape index (κ2) is 8.16. The van der Waals surface area contributed by atoms with Gasteiger partial charge in [0.25, 0.3) is 0 Å². The molecule has 6 rings (SSSR count). The molecule has 0 saturated carbocycles. The SMILES string of the molecule is Clc1ccc(-c2ccc3c(c2)oc2ccc(N(c4ccccc4)c4ccccc4)cc23)cc1. The standard InChI is InChI=1S/C30H20ClNO/c31-23-14-11-21(12-15-23)22-13-17-27-28-20-26(16-18-29(28)33-30(27)19-22)32(24-7-3-1-4-8-24)25-9-5-2-6-10-25/h1-20H. The minimum absolute atomic E-state index is 0.734. The van der Waals surface area contributed by atoms with E-state index in [1.165, 1.54) is 0 Å². The molecule has 0 atom stereocenters. The quantitative estimate of drug-likeness (QED) is 0.268. The Morgan fingerprint density at radius 3 is 1.79 bits per heavy atom. The van der Waals surface area contributed by atoms with Crippen molar-refractivity contribution in [2.45, 2.75) is 0 Å². The molecule has 0 bridgehead atoms. The van der Waals surface area contributed by atoms with E-state index in [1.807, 2.05) is 36.4 Å². The highest BCUT2D eigenvalue weighted by atomic mass is 35.5. The Morgan fingerprint density at radius 1 is 0.485 bits per heavy atom. The summed E-state index contributed by atoms with van der Waals surface area (Å²) in [7, 11) is 0. The summed E-state index contributed by atoms with van der Waals surface area (Å²) in [5.41, 5.74) is 7.28. The summed E-state index contributed by atoms with van der Waals surface area (Å²) in [6.07, 6.45) is 0. The van der Waals surface area contributed by atoms with E-state index in [4.69, 9.17) is 16.0 Å². The van der Waals surface area contributed by atoms with Crippen LogP contribution in [0.25, 0.3) is 33.1 Å². The first kappa shape index (κ1) is 19.7. The van der Waals surface area contributed by atoms with Crippen LogP contribution in [-0.4, -0.2) is 0 Å². The predicted octanol–water partition coefficient (Wildman–Crippen LogP) is 9.38. The van der Waals surface area contributed by atoms with Gasteiger partial charge in [0, 0.05) is 32.9 Å². The Kier molecular flexibility index (Phi) is 4.86. The molecule has 33 heavy (non-hydrogen) atoms. The number of halogens is 1. The maximum absolute atomic E-state index is 6.24. The first-order valence-electron chi connectivity index (χ1n) is 10.9. The molecule has 0 radical (unpaired) electrons. The first-order chi connectivity index (χ1) is 16.3. The van der Waals surface area contributed by atoms with E-state index in [-0.39, 0.29) is 0 Å². The maximum Gasteiger partial charge on any atom is 0.136 e. The number of rotatable bonds is 4. The minimum atomic E-state index is 0.734. The average Bonchev–Trinajstić information content (AvgIpc) is 3.23. The molecule has 1 aromatic heterocycles. The third-order valence-corrected chi connectivity index (χ3v) is 6.17. The summed E-state index contributed by atoms with van der Waals surface area (Å²) in [5.74, 6) is 0. The molecule has 1 heterocycles. The van der Waals surface area contributed by atoms with Gasteiger partial charge in [-0.25, -0.2) is 0 Å². The zero-order valence-electron chi connectivity index (χ0n) is 17.8. The Bertz CT molecular complexity index is 1510. The third-order valence-electron chi connectivity index (χ3n) is 5.92. The summed E-state index contributed by atoms with van der Waals surface area (Å²) in [6.45, 7) is 0. The van der Waals surface area contributed by atoms with Crippen molar-refractivity contribution in [2.75, 3.05) is 4.90 Å². The number of furan rings is 1. The zero-order chi connectivity index (χ0) is 22.2. The molecule has 0 amide bonds. The smallest absolute Gasteiger partial charge is 0.136 e. The fourth-order valence-corrected chi connectivity index (χ4v) is 4.45. The van der Waals surface area contributed by atoms with Crippen LogP contribution >= 0.6 is 11.6 Å². The van der Waals surface area contributed by atoms with E-state index in [1.54, 1.807) is 0 Å². The normalized spacial score (nSPS) is 11.2. The summed E-state index contributed by atoms with van der Waals surface area (Å²) in [6, 6.07) is 41.5. The van der Waals surface area contributed by atoms with Crippen LogP contribution in [0.5, 0.6) is 0 Å². The number of hydrogen-bond acceptors (Lipinski definition) is 2. The van der Waals surface area contributed by atoms with Gasteiger partial charge in [-0.2, -0.15) is 0 Å². The molecule has 3 heteroatoms. The largest absolute Gasteiger partial charge is 0.456 e. The molecule has 0 unspecified atom stereocenters. The zero-order valence-corrected chi connectivity index (χ0v) is 18.5. The molecule has 0 fully saturated rings. The van der Waals surface area contributed by atoms with Crippen molar-refractivity contribution >= 4 is 50.6 Å². The molecule has 6 aromatic rings. The molecular weight excluding hydrogens is 426 g/mol. The van der Waals surface area contributed by atoms with E-state index < -0.39 is 0 Å². The average molecular weight is 446 g/mol. The summed E-state index contributed by atoms with van der Waals surface area (Å²) >= 11 is 6.05. The van der Waals surface area contributed by atoms with Crippen LogP contribution in [0, 0.1) is 0 Å². The van der Waals surface area contributed by atoms with Crippen molar-refractivity contribution < 1.29 is 4.42 Å². The fraction of sp³-hybridized carbons (Fsp3) is 0. The van der Waals surface area contributed by atoms with Gasteiger partial charge in [-0.3, -0.25) is 0 Å². The van der Waals surface area contributed by atoms with Crippen LogP contribution in [-0.2, 0) is 0 Å². The third kappa shape index (κ3) is 3.65. The molecule has 0 aliphatic heterocycles. The fourth-order valence-electron chi connectivity index (χ4n) is 4.33. The number of para-hydroxylation sites is 2. The summed E-state index contributed by atoms with van der Waals surface area (Å²) in [4.78, 5) is 2.26. The highest BCUT2D eigenvalue weighted by Gasteiger charge is 2.15. The lowest BCUT2D eigenvalue weighted by atomic mass is 10.0. The summed E-state index contributed by atoms with van der Waals surface area (Å²) < 4.78 is 6.24. The van der Waals surface area contributed by atoms with E-state index in [0.29, 0.717) is 0 Å². The van der Waals surface area contributed by atoms with E-state index in [2.05, 4.69) is 89.8 Å². The minimum Gasteiger partial charge on any atom is -0.456 e. The molecule has 0 aliphatic carbocycles. The lowest BCUT2D eigenvalue weighted by Gasteiger charge is -2.25. The number of benzene rings is 5. The molecule has 0 N–H and O–H groups in total. The number of hydrogen-bond donors (Lipinski definition) is 0. The van der Waals surface area contributed by atoms with Gasteiger partial charge in [-0.1, -0.05) is 66.2 Å². The Hall–Kier alpha value is -4.01. The number of nitrogens with zero attached hydrogens (tertiary/aromatic N) is 1. The molecule has 0 aliphatic rings. The van der Waals surface area contributed by atoms with Gasteiger partial charge < -0.3 is 9.32 Å². The van der Waals surface area contributed by atoms with Crippen molar-refractivity contribution in [3.8, 4) is 11.1 Å². The van der Waals surface area contributed by atoms with Gasteiger partial charge in [0.05, 0.1) is 0 Å². The van der Waals surface area contributed by atoms with Crippen molar-refractivity contribution in [1.29, 1.82) is 0 Å². The maximum atomic E-state index is 6.24. The Morgan fingerprint density at radius 2 is 1.12 bits per heavy atom. The van der Waals surface area contributed by atoms with Crippen molar-refractivity contribution in [3.05, 3.63) is 126 Å². The monoisotopic (exact) mass is 445 g/mol. The van der Waals surface area contributed by atoms with Gasteiger partial charge in [-0.05, 0) is 77.9 Å². The second-order valence-electron chi connectivity index (χ2n) is 8.01. The molecule has 5 aromatic carbocycles. The second-order valence-corrected chi connectivity index (χ2v) is 8.44. The van der Waals surface area contributed by atoms with Crippen molar-refractivity contribution in [2.24, 2.45) is 0 Å². The molecule has 158 valence electrons. The van der Waals surface area contributed by atoms with E-state index in [0.717, 1.165) is 55.2 Å². The lowest BCUT2D eigenvalue weighted by molar-refractivity contribution is 0.669. The van der Waals surface area contributed by atoms with Gasteiger partial charge in [0.15, 0.2) is 0 Å². The van der Waals surface area contributed by atoms with Crippen molar-refractivity contribution in [1.82, 2.24) is 0 Å². The van der Waals surface area contributed by atoms with Crippen molar-refractivity contribution in [3.63, 3.8) is 0 Å². The topological polar surface area (TPSA) is 16.4 Å². The van der Waals surface area contributed by atoms with Crippen LogP contribution in [0.1, 0.15) is 0 Å². The number of anilines is 3. The van der Waals surface area contributed by atoms with E-state index in [9.17, 15) is 0 Å². The van der Waals surface area contributed by atoms with E-state index >= 15 is 0 Å². The van der Waals surface area contributed by atoms with Gasteiger partial charge in [0.2, 0.25) is 0 Å². The molecule has 0 saturated heterocycles. The number of fused-ring (bicyclic) bond motifs is 3. The Balaban J connectivity index is 1.49. The first-order valence-corrected chi connectivity index (χ1v) is 11.3. The molecular formula is C30H20ClNO. The molecule has 0 spiro atoms. The van der Waals surface area contributed by atoms with Gasteiger partial charge >= 0.3 is 0 Å². The molecule has 2 nitrogen and oxygen atoms in total. The lowest BCUT2D eigenvalue weighted by Crippen LogP contribution is -2.09. The van der Waals surface area contributed by atoms with Crippen LogP contribution in [0.4, 0.5) is 17.1 Å². The van der Waals surface area contributed by atoms with Crippen LogP contribution in [0.3, 0.4) is 0 Å². The highest BCUT2D eigenvalue weighted by Crippen LogP contribution is 2.39. The van der Waals surface area contributed by atoms with Gasteiger partial charge in [0.1, 0.15) is 11.2 Å².